The summed E-state index contributed by atoms with van der Waals surface area (Å²) in [4.78, 5) is 4.97. The van der Waals surface area contributed by atoms with Gasteiger partial charge in [-0.05, 0) is 127 Å². The predicted molar refractivity (Wildman–Crippen MR) is 308 cm³/mol. The minimum absolute atomic E-state index is 0.139. The molecule has 0 bridgehead atoms. The van der Waals surface area contributed by atoms with Crippen molar-refractivity contribution in [3.63, 3.8) is 0 Å². The molecule has 10 aromatic carbocycles. The number of fused-ring (bicyclic) bond motifs is 4. The number of hydrogen-bond donors (Lipinski definition) is 0. The number of rotatable bonds is 10. The van der Waals surface area contributed by atoms with E-state index in [2.05, 4.69) is 80.2 Å². The second kappa shape index (κ2) is 18.8. The van der Waals surface area contributed by atoms with Crippen molar-refractivity contribution in [3.8, 4) is 84.3 Å². The molecular formula is C70H52N4O. The van der Waals surface area contributed by atoms with Gasteiger partial charge in [-0.2, -0.15) is 0 Å². The van der Waals surface area contributed by atoms with E-state index < -0.39 is 60.4 Å². The SMILES string of the molecule is [2H]c1c([2H])c([2H])c(-c2cccc(-c3c([2H])c([2H])c([2H])c([2H])c3[2H])c2-[n+]2[c-]n(-c3cc(Oc4ccc5c6cc(-c7ccccc7)ccc6n(-c6cc(C(C)(C)C)ccn6)c5c4)cc(-c4ccccc4)c3)c3cc(-c4ccccc4)ccc32)c([2H])c1[2H]. The topological polar surface area (TPSA) is 35.9 Å². The van der Waals surface area contributed by atoms with Crippen molar-refractivity contribution in [2.24, 2.45) is 0 Å². The van der Waals surface area contributed by atoms with Gasteiger partial charge in [-0.25, -0.2) is 4.98 Å². The summed E-state index contributed by atoms with van der Waals surface area (Å²) in [6.07, 6.45) is 5.47. The van der Waals surface area contributed by atoms with Crippen LogP contribution in [0.1, 0.15) is 40.0 Å². The smallest absolute Gasteiger partial charge is 0.269 e. The van der Waals surface area contributed by atoms with Gasteiger partial charge in [-0.3, -0.25) is 13.7 Å². The summed E-state index contributed by atoms with van der Waals surface area (Å²) in [5.41, 5.74) is 10.4. The van der Waals surface area contributed by atoms with Crippen molar-refractivity contribution in [2.45, 2.75) is 26.2 Å². The van der Waals surface area contributed by atoms with Crippen LogP contribution < -0.4 is 9.30 Å². The van der Waals surface area contributed by atoms with Crippen LogP contribution in [0.3, 0.4) is 0 Å². The predicted octanol–water partition coefficient (Wildman–Crippen LogP) is 17.6. The average molecular weight is 975 g/mol. The number of nitrogens with zero attached hydrogens (tertiary/aromatic N) is 4. The second-order valence-electron chi connectivity index (χ2n) is 19.5. The van der Waals surface area contributed by atoms with Crippen molar-refractivity contribution in [2.75, 3.05) is 0 Å². The molecule has 358 valence electrons. The third-order valence-corrected chi connectivity index (χ3v) is 13.7. The van der Waals surface area contributed by atoms with Crippen molar-refractivity contribution in [1.29, 1.82) is 0 Å². The van der Waals surface area contributed by atoms with Gasteiger partial charge < -0.3 is 4.74 Å². The third kappa shape index (κ3) is 8.54. The van der Waals surface area contributed by atoms with Gasteiger partial charge in [0, 0.05) is 23.0 Å². The van der Waals surface area contributed by atoms with Gasteiger partial charge in [0.2, 0.25) is 0 Å². The molecule has 3 heterocycles. The highest BCUT2D eigenvalue weighted by Crippen LogP contribution is 2.40. The van der Waals surface area contributed by atoms with Gasteiger partial charge in [0.05, 0.1) is 47.1 Å². The Labute approximate surface area is 451 Å². The van der Waals surface area contributed by atoms with E-state index >= 15 is 0 Å². The lowest BCUT2D eigenvalue weighted by Crippen LogP contribution is -2.31. The van der Waals surface area contributed by atoms with Crippen LogP contribution in [0.2, 0.25) is 0 Å². The molecule has 75 heavy (non-hydrogen) atoms. The van der Waals surface area contributed by atoms with E-state index in [0.29, 0.717) is 28.2 Å². The van der Waals surface area contributed by atoms with E-state index in [1.807, 2.05) is 138 Å². The van der Waals surface area contributed by atoms with Gasteiger partial charge in [0.1, 0.15) is 17.3 Å². The molecule has 0 saturated carbocycles. The first-order valence-electron chi connectivity index (χ1n) is 29.8. The Morgan fingerprint density at radius 1 is 0.467 bits per heavy atom. The summed E-state index contributed by atoms with van der Waals surface area (Å²) < 4.78 is 102. The van der Waals surface area contributed by atoms with E-state index in [1.165, 1.54) is 0 Å². The standard InChI is InChI=1S/C70H52N4O/c1-70(2,3)56-38-39-71-68(44-56)74-64-36-32-53(48-20-9-4-10-21-48)42-63(64)62-35-34-58(46-66(62)74)75-59-41-55(50-24-13-6-14-25-50)40-57(45-59)72-47-73(65-37-33-54(43-67(65)72)49-22-11-5-12-23-49)69-60(51-26-15-7-16-27-51)30-19-31-61(69)52-28-17-8-18-29-52/h4-46H,1-3H3/i7D,8D,15D,16D,17D,18D,26D,27D,28D,29D. The van der Waals surface area contributed by atoms with E-state index in [0.717, 1.165) is 66.6 Å². The number of hydrogen-bond acceptors (Lipinski definition) is 2. The van der Waals surface area contributed by atoms with Crippen molar-refractivity contribution in [3.05, 3.63) is 273 Å². The van der Waals surface area contributed by atoms with Crippen LogP contribution in [-0.2, 0) is 5.41 Å². The van der Waals surface area contributed by atoms with E-state index in [9.17, 15) is 5.48 Å². The molecule has 0 atom stereocenters. The van der Waals surface area contributed by atoms with E-state index in [1.54, 1.807) is 22.8 Å². The van der Waals surface area contributed by atoms with Crippen LogP contribution in [0.25, 0.3) is 106 Å². The maximum absolute atomic E-state index is 9.26. The zero-order valence-electron chi connectivity index (χ0n) is 51.2. The first kappa shape index (κ1) is 35.5. The fraction of sp³-hybridized carbons (Fsp3) is 0.0571. The van der Waals surface area contributed by atoms with Crippen LogP contribution in [0.5, 0.6) is 11.5 Å². The van der Waals surface area contributed by atoms with Crippen LogP contribution in [-0.4, -0.2) is 14.1 Å². The highest BCUT2D eigenvalue weighted by atomic mass is 16.5. The highest BCUT2D eigenvalue weighted by molar-refractivity contribution is 6.10. The fourth-order valence-corrected chi connectivity index (χ4v) is 10.1. The maximum Gasteiger partial charge on any atom is 0.269 e. The van der Waals surface area contributed by atoms with Crippen LogP contribution in [0, 0.1) is 6.33 Å². The molecule has 0 aliphatic rings. The highest BCUT2D eigenvalue weighted by Gasteiger charge is 2.23. The molecule has 0 amide bonds. The lowest BCUT2D eigenvalue weighted by atomic mass is 9.88. The lowest BCUT2D eigenvalue weighted by molar-refractivity contribution is -0.571. The minimum atomic E-state index is -0.578. The van der Waals surface area contributed by atoms with Crippen molar-refractivity contribution in [1.82, 2.24) is 14.1 Å². The number of pyridine rings is 1. The molecule has 0 aliphatic carbocycles. The molecule has 0 radical (unpaired) electrons. The zero-order chi connectivity index (χ0) is 59.2. The fourth-order valence-electron chi connectivity index (χ4n) is 10.1. The second-order valence-corrected chi connectivity index (χ2v) is 19.5. The summed E-state index contributed by atoms with van der Waals surface area (Å²) in [7, 11) is 0. The Balaban J connectivity index is 1.06. The molecule has 0 unspecified atom stereocenters. The molecule has 5 heteroatoms. The van der Waals surface area contributed by atoms with Crippen LogP contribution in [0.15, 0.2) is 261 Å². The molecule has 0 fully saturated rings. The van der Waals surface area contributed by atoms with Gasteiger partial charge in [-0.1, -0.05) is 209 Å². The number of ether oxygens (including phenoxy) is 1. The van der Waals surface area contributed by atoms with E-state index in [-0.39, 0.29) is 33.4 Å². The quantitative estimate of drug-likeness (QED) is 0.101. The van der Waals surface area contributed by atoms with Gasteiger partial charge in [-0.15, -0.1) is 0 Å². The van der Waals surface area contributed by atoms with Crippen molar-refractivity contribution < 1.29 is 23.0 Å². The molecule has 0 spiro atoms. The number of benzene rings is 10. The largest absolute Gasteiger partial charge is 0.458 e. The van der Waals surface area contributed by atoms with Crippen LogP contribution in [0.4, 0.5) is 0 Å². The molecule has 3 aromatic heterocycles. The third-order valence-electron chi connectivity index (χ3n) is 13.7. The zero-order valence-corrected chi connectivity index (χ0v) is 41.2. The molecule has 0 N–H and O–H groups in total. The summed E-state index contributed by atoms with van der Waals surface area (Å²) in [6, 6.07) is 58.3. The molecule has 0 saturated heterocycles. The summed E-state index contributed by atoms with van der Waals surface area (Å²) >= 11 is 0. The molecule has 13 rings (SSSR count). The monoisotopic (exact) mass is 974 g/mol. The number of imidazole rings is 1. The normalized spacial score (nSPS) is 13.5. The number of aromatic nitrogens is 4. The van der Waals surface area contributed by atoms with Gasteiger partial charge in [0.25, 0.3) is 6.33 Å². The molecule has 5 nitrogen and oxygen atoms in total. The molecule has 0 aliphatic heterocycles. The minimum Gasteiger partial charge on any atom is -0.458 e. The van der Waals surface area contributed by atoms with Crippen LogP contribution >= 0.6 is 0 Å². The Kier molecular flexibility index (Phi) is 8.90. The Morgan fingerprint density at radius 2 is 1.08 bits per heavy atom. The summed E-state index contributed by atoms with van der Waals surface area (Å²) in [6.45, 7) is 6.57. The lowest BCUT2D eigenvalue weighted by Gasteiger charge is -2.20. The van der Waals surface area contributed by atoms with E-state index in [4.69, 9.17) is 17.9 Å². The first-order valence-corrected chi connectivity index (χ1v) is 24.8. The van der Waals surface area contributed by atoms with Gasteiger partial charge >= 0.3 is 0 Å². The average Bonchev–Trinajstić information content (AvgIpc) is 2.03. The number of para-hydroxylation sites is 1. The summed E-state index contributed by atoms with van der Waals surface area (Å²) in [5, 5.41) is 2.07. The van der Waals surface area contributed by atoms with Gasteiger partial charge in [0.15, 0.2) is 0 Å². The maximum atomic E-state index is 9.26. The Bertz CT molecular complexity index is 4700. The molecular weight excluding hydrogens is 913 g/mol. The summed E-state index contributed by atoms with van der Waals surface area (Å²) in [5.74, 6) is 1.81. The molecule has 13 aromatic rings. The Morgan fingerprint density at radius 3 is 1.72 bits per heavy atom. The van der Waals surface area contributed by atoms with Crippen molar-refractivity contribution >= 4 is 32.8 Å². The Hall–Kier alpha value is -9.58. The first-order chi connectivity index (χ1) is 40.9.